The number of hydrogen-bond donors (Lipinski definition) is 0. The number of nitro benzene ring substituents is 1. The number of carbonyl (C=O) groups excluding carboxylic acids is 1. The van der Waals surface area contributed by atoms with E-state index in [1.807, 2.05) is 37.3 Å². The van der Waals surface area contributed by atoms with Crippen molar-refractivity contribution in [2.75, 3.05) is 31.1 Å². The maximum Gasteiger partial charge on any atom is 0.270 e. The fourth-order valence-electron chi connectivity index (χ4n) is 4.26. The van der Waals surface area contributed by atoms with E-state index >= 15 is 0 Å². The van der Waals surface area contributed by atoms with E-state index in [4.69, 9.17) is 9.97 Å². The third kappa shape index (κ3) is 4.69. The van der Waals surface area contributed by atoms with Crippen molar-refractivity contribution in [2.24, 2.45) is 0 Å². The lowest BCUT2D eigenvalue weighted by molar-refractivity contribution is -0.384. The zero-order chi connectivity index (χ0) is 23.5. The molecule has 4 rings (SSSR count). The number of nitro groups is 1. The van der Waals surface area contributed by atoms with Crippen LogP contribution in [0.1, 0.15) is 41.4 Å². The Morgan fingerprint density at radius 1 is 1.00 bits per heavy atom. The molecule has 1 amide bonds. The van der Waals surface area contributed by atoms with Gasteiger partial charge >= 0.3 is 0 Å². The summed E-state index contributed by atoms with van der Waals surface area (Å²) in [6.07, 6.45) is 0. The Morgan fingerprint density at radius 2 is 1.70 bits per heavy atom. The Morgan fingerprint density at radius 3 is 2.33 bits per heavy atom. The molecule has 0 aliphatic carbocycles. The number of amides is 1. The first-order valence-corrected chi connectivity index (χ1v) is 11.1. The van der Waals surface area contributed by atoms with E-state index in [1.165, 1.54) is 12.1 Å². The van der Waals surface area contributed by atoms with Gasteiger partial charge in [0, 0.05) is 60.7 Å². The second-order valence-electron chi connectivity index (χ2n) is 8.48. The molecular formula is C25H27N5O3. The molecule has 0 N–H and O–H groups in total. The smallest absolute Gasteiger partial charge is 0.270 e. The normalized spacial score (nSPS) is 13.9. The van der Waals surface area contributed by atoms with E-state index < -0.39 is 4.92 Å². The van der Waals surface area contributed by atoms with Crippen LogP contribution in [0.4, 0.5) is 11.5 Å². The molecule has 0 atom stereocenters. The largest absolute Gasteiger partial charge is 0.353 e. The summed E-state index contributed by atoms with van der Waals surface area (Å²) in [6.45, 7) is 8.59. The first kappa shape index (κ1) is 22.4. The number of aromatic nitrogens is 2. The molecule has 33 heavy (non-hydrogen) atoms. The lowest BCUT2D eigenvalue weighted by Gasteiger charge is -2.37. The third-order valence-corrected chi connectivity index (χ3v) is 5.90. The van der Waals surface area contributed by atoms with Gasteiger partial charge in [0.1, 0.15) is 5.82 Å². The van der Waals surface area contributed by atoms with Crippen molar-refractivity contribution in [3.05, 3.63) is 81.5 Å². The molecule has 0 saturated carbocycles. The van der Waals surface area contributed by atoms with Crippen molar-refractivity contribution < 1.29 is 9.72 Å². The maximum atomic E-state index is 12.9. The molecule has 2 heterocycles. The van der Waals surface area contributed by atoms with Gasteiger partial charge in [-0.25, -0.2) is 9.97 Å². The predicted octanol–water partition coefficient (Wildman–Crippen LogP) is 4.45. The standard InChI is InChI=1S/C25H27N5O3/c1-17(2)22-18(3)26-23(19-8-5-4-6-9-19)27-24(22)28-12-14-29(15-13-28)25(31)20-10-7-11-21(16-20)30(32)33/h4-11,16-17H,12-15H2,1-3H3. The lowest BCUT2D eigenvalue weighted by Crippen LogP contribution is -2.49. The summed E-state index contributed by atoms with van der Waals surface area (Å²) in [4.78, 5) is 37.2. The fourth-order valence-corrected chi connectivity index (χ4v) is 4.26. The Balaban J connectivity index is 1.57. The summed E-state index contributed by atoms with van der Waals surface area (Å²) in [6, 6.07) is 15.8. The van der Waals surface area contributed by atoms with Gasteiger partial charge in [-0.15, -0.1) is 0 Å². The van der Waals surface area contributed by atoms with E-state index in [0.717, 1.165) is 22.6 Å². The van der Waals surface area contributed by atoms with E-state index in [0.29, 0.717) is 37.6 Å². The van der Waals surface area contributed by atoms with Crippen molar-refractivity contribution in [3.8, 4) is 11.4 Å². The summed E-state index contributed by atoms with van der Waals surface area (Å²) in [5, 5.41) is 11.1. The summed E-state index contributed by atoms with van der Waals surface area (Å²) in [5.74, 6) is 1.68. The van der Waals surface area contributed by atoms with E-state index in [1.54, 1.807) is 17.0 Å². The minimum absolute atomic E-state index is 0.0778. The second kappa shape index (κ2) is 9.36. The van der Waals surface area contributed by atoms with E-state index in [-0.39, 0.29) is 17.5 Å². The quantitative estimate of drug-likeness (QED) is 0.426. The van der Waals surface area contributed by atoms with Gasteiger partial charge in [-0.05, 0) is 18.9 Å². The van der Waals surface area contributed by atoms with E-state index in [9.17, 15) is 14.9 Å². The topological polar surface area (TPSA) is 92.5 Å². The SMILES string of the molecule is Cc1nc(-c2ccccc2)nc(N2CCN(C(=O)c3cccc([N+](=O)[O-])c3)CC2)c1C(C)C. The van der Waals surface area contributed by atoms with Crippen molar-refractivity contribution in [3.63, 3.8) is 0 Å². The van der Waals surface area contributed by atoms with Crippen molar-refractivity contribution in [1.82, 2.24) is 14.9 Å². The molecule has 1 fully saturated rings. The van der Waals surface area contributed by atoms with Crippen LogP contribution in [0.15, 0.2) is 54.6 Å². The van der Waals surface area contributed by atoms with E-state index in [2.05, 4.69) is 18.7 Å². The minimum atomic E-state index is -0.482. The Labute approximate surface area is 193 Å². The number of carbonyl (C=O) groups is 1. The first-order valence-electron chi connectivity index (χ1n) is 11.1. The highest BCUT2D eigenvalue weighted by atomic mass is 16.6. The Hall–Kier alpha value is -3.81. The first-order chi connectivity index (χ1) is 15.8. The number of hydrogen-bond acceptors (Lipinski definition) is 6. The molecule has 8 nitrogen and oxygen atoms in total. The van der Waals surface area contributed by atoms with Crippen molar-refractivity contribution >= 4 is 17.4 Å². The molecule has 1 aromatic heterocycles. The molecule has 3 aromatic rings. The lowest BCUT2D eigenvalue weighted by atomic mass is 10.0. The summed E-state index contributed by atoms with van der Waals surface area (Å²) < 4.78 is 0. The van der Waals surface area contributed by atoms with Gasteiger partial charge in [-0.2, -0.15) is 0 Å². The molecule has 0 bridgehead atoms. The van der Waals surface area contributed by atoms with Gasteiger partial charge in [0.2, 0.25) is 0 Å². The van der Waals surface area contributed by atoms with Gasteiger partial charge in [-0.3, -0.25) is 14.9 Å². The van der Waals surface area contributed by atoms with Crippen LogP contribution in [0, 0.1) is 17.0 Å². The van der Waals surface area contributed by atoms with Crippen LogP contribution >= 0.6 is 0 Å². The molecule has 170 valence electrons. The molecule has 0 radical (unpaired) electrons. The Kier molecular flexibility index (Phi) is 6.35. The van der Waals surface area contributed by atoms with Crippen LogP contribution in [-0.2, 0) is 0 Å². The highest BCUT2D eigenvalue weighted by Crippen LogP contribution is 2.31. The van der Waals surface area contributed by atoms with Crippen molar-refractivity contribution in [2.45, 2.75) is 26.7 Å². The number of benzene rings is 2. The Bertz CT molecular complexity index is 1170. The van der Waals surface area contributed by atoms with Crippen LogP contribution in [0.3, 0.4) is 0 Å². The maximum absolute atomic E-state index is 12.9. The van der Waals surface area contributed by atoms with Gasteiger partial charge < -0.3 is 9.80 Å². The zero-order valence-corrected chi connectivity index (χ0v) is 19.1. The number of anilines is 1. The highest BCUT2D eigenvalue weighted by Gasteiger charge is 2.27. The van der Waals surface area contributed by atoms with Crippen LogP contribution in [-0.4, -0.2) is 51.9 Å². The number of nitrogens with zero attached hydrogens (tertiary/aromatic N) is 5. The van der Waals surface area contributed by atoms with Gasteiger partial charge in [0.05, 0.1) is 4.92 Å². The van der Waals surface area contributed by atoms with Gasteiger partial charge in [0.25, 0.3) is 11.6 Å². The van der Waals surface area contributed by atoms with Crippen LogP contribution in [0.2, 0.25) is 0 Å². The molecule has 0 spiro atoms. The number of piperazine rings is 1. The monoisotopic (exact) mass is 445 g/mol. The average Bonchev–Trinajstić information content (AvgIpc) is 2.83. The number of aryl methyl sites for hydroxylation is 1. The minimum Gasteiger partial charge on any atom is -0.353 e. The zero-order valence-electron chi connectivity index (χ0n) is 19.1. The number of non-ortho nitro benzene ring substituents is 1. The predicted molar refractivity (Wildman–Crippen MR) is 128 cm³/mol. The molecule has 1 aliphatic rings. The summed E-state index contributed by atoms with van der Waals surface area (Å²) >= 11 is 0. The number of rotatable bonds is 5. The fraction of sp³-hybridized carbons (Fsp3) is 0.320. The van der Waals surface area contributed by atoms with Gasteiger partial charge in [0.15, 0.2) is 5.82 Å². The molecular weight excluding hydrogens is 418 g/mol. The second-order valence-corrected chi connectivity index (χ2v) is 8.48. The molecule has 2 aromatic carbocycles. The van der Waals surface area contributed by atoms with Gasteiger partial charge in [-0.1, -0.05) is 50.2 Å². The summed E-state index contributed by atoms with van der Waals surface area (Å²) in [5.41, 5.74) is 3.31. The third-order valence-electron chi connectivity index (χ3n) is 5.90. The molecule has 0 unspecified atom stereocenters. The molecule has 1 aliphatic heterocycles. The van der Waals surface area contributed by atoms with Crippen LogP contribution < -0.4 is 4.90 Å². The average molecular weight is 446 g/mol. The van der Waals surface area contributed by atoms with Crippen LogP contribution in [0.25, 0.3) is 11.4 Å². The van der Waals surface area contributed by atoms with Crippen LogP contribution in [0.5, 0.6) is 0 Å². The molecule has 1 saturated heterocycles. The molecule has 8 heteroatoms. The summed E-state index contributed by atoms with van der Waals surface area (Å²) in [7, 11) is 0. The van der Waals surface area contributed by atoms with Crippen molar-refractivity contribution in [1.29, 1.82) is 0 Å². The highest BCUT2D eigenvalue weighted by molar-refractivity contribution is 5.95.